The average Bonchev–Trinajstić information content (AvgIpc) is 3.09. The molecule has 0 spiro atoms. The zero-order valence-electron chi connectivity index (χ0n) is 16.1. The van der Waals surface area contributed by atoms with Crippen molar-refractivity contribution in [1.29, 1.82) is 0 Å². The molecule has 146 valence electrons. The molecule has 1 atom stereocenters. The average molecular weight is 387 g/mol. The van der Waals surface area contributed by atoms with E-state index in [9.17, 15) is 4.79 Å². The van der Waals surface area contributed by atoms with Crippen LogP contribution in [0.25, 0.3) is 16.7 Å². The lowest BCUT2D eigenvalue weighted by Gasteiger charge is -2.18. The molecular weight excluding hydrogens is 366 g/mol. The van der Waals surface area contributed by atoms with E-state index in [2.05, 4.69) is 17.2 Å². The Morgan fingerprint density at radius 1 is 1.24 bits per heavy atom. The van der Waals surface area contributed by atoms with Gasteiger partial charge in [0.25, 0.3) is 5.56 Å². The van der Waals surface area contributed by atoms with Gasteiger partial charge in [-0.1, -0.05) is 6.07 Å². The number of nitrogens with zero attached hydrogens (tertiary/aromatic N) is 2. The lowest BCUT2D eigenvalue weighted by atomic mass is 10.0. The molecule has 1 N–H and O–H groups in total. The Balaban J connectivity index is 1.41. The fourth-order valence-corrected chi connectivity index (χ4v) is 3.73. The molecule has 3 aromatic heterocycles. The summed E-state index contributed by atoms with van der Waals surface area (Å²) in [5, 5.41) is 4.57. The van der Waals surface area contributed by atoms with Gasteiger partial charge in [0.05, 0.1) is 11.4 Å². The van der Waals surface area contributed by atoms with Crippen molar-refractivity contribution in [1.82, 2.24) is 14.9 Å². The van der Waals surface area contributed by atoms with Crippen LogP contribution in [-0.2, 0) is 19.6 Å². The number of hydrogen-bond donors (Lipinski definition) is 1. The fraction of sp³-hybridized carbons (Fsp3) is 0.217. The maximum absolute atomic E-state index is 12.7. The van der Waals surface area contributed by atoms with Crippen LogP contribution < -0.4 is 15.6 Å². The number of aromatic nitrogens is 2. The van der Waals surface area contributed by atoms with Crippen molar-refractivity contribution in [2.45, 2.75) is 32.5 Å². The van der Waals surface area contributed by atoms with E-state index in [1.165, 1.54) is 11.6 Å². The molecule has 1 aliphatic heterocycles. The molecule has 29 heavy (non-hydrogen) atoms. The van der Waals surface area contributed by atoms with Gasteiger partial charge in [0.15, 0.2) is 0 Å². The van der Waals surface area contributed by atoms with Gasteiger partial charge in [0.2, 0.25) is 0 Å². The highest BCUT2D eigenvalue weighted by Gasteiger charge is 2.21. The lowest BCUT2D eigenvalue weighted by molar-refractivity contribution is 0.300. The van der Waals surface area contributed by atoms with Gasteiger partial charge in [-0.2, -0.15) is 0 Å². The highest BCUT2D eigenvalue weighted by atomic mass is 16.5. The molecule has 4 heterocycles. The minimum atomic E-state index is -0.158. The molecule has 0 amide bonds. The Morgan fingerprint density at radius 2 is 2.17 bits per heavy atom. The first-order chi connectivity index (χ1) is 14.2. The summed E-state index contributed by atoms with van der Waals surface area (Å²) in [6.45, 7) is 3.28. The summed E-state index contributed by atoms with van der Waals surface area (Å²) in [5.41, 5.74) is 3.45. The van der Waals surface area contributed by atoms with Gasteiger partial charge in [-0.05, 0) is 37.3 Å². The summed E-state index contributed by atoms with van der Waals surface area (Å²) in [4.78, 5) is 16.9. The zero-order chi connectivity index (χ0) is 19.8. The predicted molar refractivity (Wildman–Crippen MR) is 110 cm³/mol. The van der Waals surface area contributed by atoms with E-state index in [0.29, 0.717) is 18.4 Å². The van der Waals surface area contributed by atoms with Crippen molar-refractivity contribution < 1.29 is 9.15 Å². The van der Waals surface area contributed by atoms with Crippen LogP contribution in [0.3, 0.4) is 0 Å². The normalized spacial score (nSPS) is 16.0. The minimum absolute atomic E-state index is 0.158. The first-order valence-corrected chi connectivity index (χ1v) is 9.71. The first kappa shape index (κ1) is 17.7. The Morgan fingerprint density at radius 3 is 3.00 bits per heavy atom. The quantitative estimate of drug-likeness (QED) is 0.580. The molecule has 1 unspecified atom stereocenters. The number of ether oxygens (including phenoxy) is 1. The van der Waals surface area contributed by atoms with Crippen LogP contribution >= 0.6 is 0 Å². The van der Waals surface area contributed by atoms with Crippen LogP contribution in [0.15, 0.2) is 70.1 Å². The molecule has 6 heteroatoms. The summed E-state index contributed by atoms with van der Waals surface area (Å²) in [6, 6.07) is 15.2. The van der Waals surface area contributed by atoms with E-state index in [4.69, 9.17) is 9.15 Å². The third-order valence-electron chi connectivity index (χ3n) is 5.26. The van der Waals surface area contributed by atoms with E-state index < -0.39 is 0 Å². The Hall–Kier alpha value is -3.38. The van der Waals surface area contributed by atoms with Crippen LogP contribution in [-0.4, -0.2) is 15.6 Å². The summed E-state index contributed by atoms with van der Waals surface area (Å²) >= 11 is 0. The maximum atomic E-state index is 12.7. The van der Waals surface area contributed by atoms with Crippen molar-refractivity contribution in [3.8, 4) is 11.4 Å². The molecule has 6 nitrogen and oxygen atoms in total. The van der Waals surface area contributed by atoms with Crippen molar-refractivity contribution in [2.24, 2.45) is 0 Å². The zero-order valence-corrected chi connectivity index (χ0v) is 16.1. The SMILES string of the molecule is CC1Cc2oc3cc(-n4ccc(OCc5ccccn5)cc4=O)ccc3c2CN1. The highest BCUT2D eigenvalue weighted by molar-refractivity contribution is 5.84. The lowest BCUT2D eigenvalue weighted by Crippen LogP contribution is -2.32. The van der Waals surface area contributed by atoms with Crippen molar-refractivity contribution in [3.63, 3.8) is 0 Å². The summed E-state index contributed by atoms with van der Waals surface area (Å²) in [6.07, 6.45) is 4.32. The molecule has 0 bridgehead atoms. The third kappa shape index (κ3) is 3.43. The number of pyridine rings is 2. The van der Waals surface area contributed by atoms with Gasteiger partial charge in [-0.3, -0.25) is 14.3 Å². The largest absolute Gasteiger partial charge is 0.487 e. The molecule has 1 aliphatic rings. The third-order valence-corrected chi connectivity index (χ3v) is 5.26. The van der Waals surface area contributed by atoms with Crippen molar-refractivity contribution in [3.05, 3.63) is 88.3 Å². The standard InChI is InChI=1S/C23H21N3O3/c1-15-10-21-20(13-25-15)19-6-5-17(11-22(19)29-21)26-9-7-18(12-23(26)27)28-14-16-4-2-3-8-24-16/h2-9,11-12,15,25H,10,13-14H2,1H3. The molecule has 0 aliphatic carbocycles. The first-order valence-electron chi connectivity index (χ1n) is 9.71. The number of hydrogen-bond acceptors (Lipinski definition) is 5. The van der Waals surface area contributed by atoms with Crippen LogP contribution in [0, 0.1) is 0 Å². The van der Waals surface area contributed by atoms with Gasteiger partial charge in [0, 0.05) is 54.5 Å². The Kier molecular flexibility index (Phi) is 4.41. The van der Waals surface area contributed by atoms with Crippen molar-refractivity contribution >= 4 is 11.0 Å². The van der Waals surface area contributed by atoms with Crippen LogP contribution in [0.2, 0.25) is 0 Å². The summed E-state index contributed by atoms with van der Waals surface area (Å²) < 4.78 is 13.4. The molecule has 4 aromatic rings. The smallest absolute Gasteiger partial charge is 0.258 e. The molecular formula is C23H21N3O3. The van der Waals surface area contributed by atoms with Crippen molar-refractivity contribution in [2.75, 3.05) is 0 Å². The number of furan rings is 1. The van der Waals surface area contributed by atoms with E-state index >= 15 is 0 Å². The minimum Gasteiger partial charge on any atom is -0.487 e. The second-order valence-corrected chi connectivity index (χ2v) is 7.35. The Labute approximate surface area is 167 Å². The van der Waals surface area contributed by atoms with Gasteiger partial charge >= 0.3 is 0 Å². The van der Waals surface area contributed by atoms with Crippen LogP contribution in [0.1, 0.15) is 23.9 Å². The molecule has 1 aromatic carbocycles. The molecule has 0 saturated carbocycles. The van der Waals surface area contributed by atoms with Gasteiger partial charge in [0.1, 0.15) is 23.7 Å². The summed E-state index contributed by atoms with van der Waals surface area (Å²) in [5.74, 6) is 1.56. The maximum Gasteiger partial charge on any atom is 0.258 e. The molecule has 0 fully saturated rings. The molecule has 5 rings (SSSR count). The van der Waals surface area contributed by atoms with E-state index in [1.54, 1.807) is 23.0 Å². The van der Waals surface area contributed by atoms with E-state index in [0.717, 1.165) is 41.1 Å². The molecule has 0 saturated heterocycles. The van der Waals surface area contributed by atoms with Gasteiger partial charge in [-0.25, -0.2) is 0 Å². The summed E-state index contributed by atoms with van der Waals surface area (Å²) in [7, 11) is 0. The number of fused-ring (bicyclic) bond motifs is 3. The number of nitrogens with one attached hydrogen (secondary N) is 1. The van der Waals surface area contributed by atoms with E-state index in [1.807, 2.05) is 36.4 Å². The topological polar surface area (TPSA) is 69.3 Å². The fourth-order valence-electron chi connectivity index (χ4n) is 3.73. The van der Waals surface area contributed by atoms with Gasteiger partial charge in [-0.15, -0.1) is 0 Å². The predicted octanol–water partition coefficient (Wildman–Crippen LogP) is 3.59. The second kappa shape index (κ2) is 7.22. The van der Waals surface area contributed by atoms with Crippen LogP contribution in [0.5, 0.6) is 5.75 Å². The highest BCUT2D eigenvalue weighted by Crippen LogP contribution is 2.30. The Bertz CT molecular complexity index is 1230. The van der Waals surface area contributed by atoms with E-state index in [-0.39, 0.29) is 5.56 Å². The monoisotopic (exact) mass is 387 g/mol. The number of benzene rings is 1. The second-order valence-electron chi connectivity index (χ2n) is 7.35. The van der Waals surface area contributed by atoms with Crippen LogP contribution in [0.4, 0.5) is 0 Å². The number of rotatable bonds is 4. The molecule has 0 radical (unpaired) electrons. The van der Waals surface area contributed by atoms with Gasteiger partial charge < -0.3 is 14.5 Å².